The van der Waals surface area contributed by atoms with Crippen molar-refractivity contribution in [2.24, 2.45) is 0 Å². The van der Waals surface area contributed by atoms with E-state index in [1.54, 1.807) is 4.68 Å². The van der Waals surface area contributed by atoms with Crippen LogP contribution >= 0.6 is 11.6 Å². The molecule has 0 atom stereocenters. The Hall–Kier alpha value is -1.91. The van der Waals surface area contributed by atoms with Crippen molar-refractivity contribution < 1.29 is 5.11 Å². The Morgan fingerprint density at radius 2 is 1.69 bits per heavy atom. The van der Waals surface area contributed by atoms with Gasteiger partial charge in [-0.05, 0) is 31.0 Å². The van der Waals surface area contributed by atoms with Crippen LogP contribution in [0, 0.1) is 0 Å². The molecule has 0 saturated heterocycles. The number of halogens is 1. The maximum absolute atomic E-state index is 11.6. The van der Waals surface area contributed by atoms with Gasteiger partial charge in [0.2, 0.25) is 0 Å². The van der Waals surface area contributed by atoms with E-state index in [1.807, 2.05) is 42.5 Å². The normalized spacial score (nSPS) is 12.0. The Labute approximate surface area is 159 Å². The van der Waals surface area contributed by atoms with Crippen molar-refractivity contribution in [3.8, 4) is 5.69 Å². The summed E-state index contributed by atoms with van der Waals surface area (Å²) in [6.07, 6.45) is 5.57. The van der Waals surface area contributed by atoms with Crippen molar-refractivity contribution >= 4 is 22.6 Å². The van der Waals surface area contributed by atoms with Gasteiger partial charge in [0, 0.05) is 5.56 Å². The van der Waals surface area contributed by atoms with E-state index in [0.717, 1.165) is 55.3 Å². The Morgan fingerprint density at radius 3 is 2.38 bits per heavy atom. The Kier molecular flexibility index (Phi) is 5.94. The highest BCUT2D eigenvalue weighted by Crippen LogP contribution is 2.37. The molecule has 0 fully saturated rings. The molecule has 4 nitrogen and oxygen atoms in total. The highest BCUT2D eigenvalue weighted by atomic mass is 35.5. The number of rotatable bonds is 8. The van der Waals surface area contributed by atoms with Crippen molar-refractivity contribution in [2.75, 3.05) is 0 Å². The van der Waals surface area contributed by atoms with E-state index in [0.29, 0.717) is 10.5 Å². The van der Waals surface area contributed by atoms with E-state index in [4.69, 9.17) is 11.6 Å². The fourth-order valence-corrected chi connectivity index (χ4v) is 3.68. The molecule has 0 bridgehead atoms. The third kappa shape index (κ3) is 3.62. The van der Waals surface area contributed by atoms with Crippen LogP contribution in [-0.4, -0.2) is 20.1 Å². The predicted octanol–water partition coefficient (Wildman–Crippen LogP) is 5.64. The second-order valence-corrected chi connectivity index (χ2v) is 7.27. The first kappa shape index (κ1) is 18.9. The maximum atomic E-state index is 11.6. The predicted molar refractivity (Wildman–Crippen MR) is 107 cm³/mol. The molecule has 3 aromatic rings. The molecule has 0 amide bonds. The van der Waals surface area contributed by atoms with Gasteiger partial charge in [-0.3, -0.25) is 0 Å². The summed E-state index contributed by atoms with van der Waals surface area (Å²) >= 11 is 6.26. The van der Waals surface area contributed by atoms with E-state index < -0.39 is 5.60 Å². The molecule has 5 heteroatoms. The van der Waals surface area contributed by atoms with E-state index in [1.165, 1.54) is 0 Å². The Balaban J connectivity index is 2.13. The molecule has 1 heterocycles. The smallest absolute Gasteiger partial charge is 0.132 e. The third-order valence-electron chi connectivity index (χ3n) is 4.95. The molecule has 0 saturated carbocycles. The first-order valence-electron chi connectivity index (χ1n) is 9.43. The van der Waals surface area contributed by atoms with Gasteiger partial charge in [-0.2, -0.15) is 0 Å². The van der Waals surface area contributed by atoms with E-state index in [-0.39, 0.29) is 0 Å². The molecule has 0 radical (unpaired) electrons. The third-order valence-corrected chi connectivity index (χ3v) is 5.25. The summed E-state index contributed by atoms with van der Waals surface area (Å²) in [5.41, 5.74) is 2.44. The van der Waals surface area contributed by atoms with Crippen LogP contribution in [0.1, 0.15) is 57.9 Å². The second-order valence-electron chi connectivity index (χ2n) is 6.86. The van der Waals surface area contributed by atoms with Gasteiger partial charge >= 0.3 is 0 Å². The quantitative estimate of drug-likeness (QED) is 0.557. The highest BCUT2D eigenvalue weighted by molar-refractivity contribution is 6.34. The van der Waals surface area contributed by atoms with Gasteiger partial charge < -0.3 is 5.11 Å². The number of hydrogen-bond donors (Lipinski definition) is 1. The minimum Gasteiger partial charge on any atom is -0.385 e. The Morgan fingerprint density at radius 1 is 1.00 bits per heavy atom. The van der Waals surface area contributed by atoms with Crippen LogP contribution < -0.4 is 0 Å². The Bertz CT molecular complexity index is 867. The van der Waals surface area contributed by atoms with Gasteiger partial charge in [0.25, 0.3) is 0 Å². The van der Waals surface area contributed by atoms with Crippen molar-refractivity contribution in [1.29, 1.82) is 0 Å². The number of aromatic nitrogens is 3. The number of hydrogen-bond acceptors (Lipinski definition) is 3. The number of benzene rings is 2. The summed E-state index contributed by atoms with van der Waals surface area (Å²) in [6, 6.07) is 13.6. The fraction of sp³-hybridized carbons (Fsp3) is 0.429. The molecule has 138 valence electrons. The molecule has 2 aromatic carbocycles. The molecule has 0 spiro atoms. The summed E-state index contributed by atoms with van der Waals surface area (Å²) in [6.45, 7) is 4.30. The number of fused-ring (bicyclic) bond motifs is 1. The standard InChI is InChI=1S/C21H26ClN3O/c1-3-5-14-21(26,15-6-4-2)16-10-7-8-12-18(16)25-19-13-9-11-17(22)20(19)23-24-25/h7-13,26H,3-6,14-15H2,1-2H3. The summed E-state index contributed by atoms with van der Waals surface area (Å²) in [5, 5.41) is 20.7. The van der Waals surface area contributed by atoms with Crippen LogP contribution in [0.5, 0.6) is 0 Å². The first-order valence-corrected chi connectivity index (χ1v) is 9.80. The van der Waals surface area contributed by atoms with Crippen molar-refractivity contribution in [3.05, 3.63) is 53.1 Å². The van der Waals surface area contributed by atoms with Gasteiger partial charge in [0.1, 0.15) is 5.52 Å². The zero-order valence-electron chi connectivity index (χ0n) is 15.5. The minimum atomic E-state index is -0.862. The van der Waals surface area contributed by atoms with E-state index >= 15 is 0 Å². The molecule has 0 aliphatic carbocycles. The van der Waals surface area contributed by atoms with Crippen molar-refractivity contribution in [1.82, 2.24) is 15.0 Å². The molecule has 0 aliphatic rings. The molecule has 0 unspecified atom stereocenters. The van der Waals surface area contributed by atoms with Gasteiger partial charge in [0.05, 0.1) is 21.8 Å². The van der Waals surface area contributed by atoms with Crippen molar-refractivity contribution in [2.45, 2.75) is 58.0 Å². The van der Waals surface area contributed by atoms with Gasteiger partial charge in [-0.1, -0.05) is 80.6 Å². The van der Waals surface area contributed by atoms with Gasteiger partial charge in [0.15, 0.2) is 0 Å². The van der Waals surface area contributed by atoms with Crippen LogP contribution in [0.15, 0.2) is 42.5 Å². The zero-order valence-corrected chi connectivity index (χ0v) is 16.2. The topological polar surface area (TPSA) is 50.9 Å². The van der Waals surface area contributed by atoms with Crippen LogP contribution in [0.25, 0.3) is 16.7 Å². The maximum Gasteiger partial charge on any atom is 0.132 e. The monoisotopic (exact) mass is 371 g/mol. The van der Waals surface area contributed by atoms with E-state index in [9.17, 15) is 5.11 Å². The number of unbranched alkanes of at least 4 members (excludes halogenated alkanes) is 2. The summed E-state index contributed by atoms with van der Waals surface area (Å²) in [7, 11) is 0. The van der Waals surface area contributed by atoms with Crippen molar-refractivity contribution in [3.63, 3.8) is 0 Å². The highest BCUT2D eigenvalue weighted by Gasteiger charge is 2.31. The van der Waals surface area contributed by atoms with Gasteiger partial charge in [-0.15, -0.1) is 5.10 Å². The second kappa shape index (κ2) is 8.19. The molecular weight excluding hydrogens is 346 g/mol. The minimum absolute atomic E-state index is 0.582. The molecule has 1 aromatic heterocycles. The summed E-state index contributed by atoms with van der Waals surface area (Å²) in [4.78, 5) is 0. The largest absolute Gasteiger partial charge is 0.385 e. The summed E-state index contributed by atoms with van der Waals surface area (Å²) in [5.74, 6) is 0. The lowest BCUT2D eigenvalue weighted by Crippen LogP contribution is -2.27. The molecule has 0 aliphatic heterocycles. The van der Waals surface area contributed by atoms with E-state index in [2.05, 4.69) is 24.2 Å². The summed E-state index contributed by atoms with van der Waals surface area (Å²) < 4.78 is 1.79. The molecule has 26 heavy (non-hydrogen) atoms. The number of aliphatic hydroxyl groups is 1. The number of nitrogens with zero attached hydrogens (tertiary/aromatic N) is 3. The SMILES string of the molecule is CCCCC(O)(CCCC)c1ccccc1-n1nnc2c(Cl)cccc21. The van der Waals surface area contributed by atoms with Crippen LogP contribution in [0.2, 0.25) is 5.02 Å². The lowest BCUT2D eigenvalue weighted by atomic mass is 9.83. The number of para-hydroxylation sites is 1. The van der Waals surface area contributed by atoms with Crippen LogP contribution in [0.3, 0.4) is 0 Å². The lowest BCUT2D eigenvalue weighted by molar-refractivity contribution is 0.0141. The van der Waals surface area contributed by atoms with Gasteiger partial charge in [-0.25, -0.2) is 4.68 Å². The average molecular weight is 372 g/mol. The average Bonchev–Trinajstić information content (AvgIpc) is 3.10. The first-order chi connectivity index (χ1) is 12.6. The zero-order chi connectivity index (χ0) is 18.6. The molecule has 1 N–H and O–H groups in total. The lowest BCUT2D eigenvalue weighted by Gasteiger charge is -2.30. The molecule has 3 rings (SSSR count). The van der Waals surface area contributed by atoms with Crippen LogP contribution in [0.4, 0.5) is 0 Å². The fourth-order valence-electron chi connectivity index (χ4n) is 3.47. The molecular formula is C21H26ClN3O. The van der Waals surface area contributed by atoms with Crippen LogP contribution in [-0.2, 0) is 5.60 Å².